The van der Waals surface area contributed by atoms with Crippen LogP contribution in [-0.2, 0) is 16.1 Å². The molecule has 2 amide bonds. The highest BCUT2D eigenvalue weighted by Gasteiger charge is 2.29. The Kier molecular flexibility index (Phi) is 6.30. The second-order valence-corrected chi connectivity index (χ2v) is 7.83. The Balaban J connectivity index is 1.61. The van der Waals surface area contributed by atoms with E-state index < -0.39 is 0 Å². The van der Waals surface area contributed by atoms with Crippen molar-refractivity contribution < 1.29 is 9.59 Å². The largest absolute Gasteiger partial charge is 0.334 e. The average molecular weight is 357 g/mol. The van der Waals surface area contributed by atoms with Gasteiger partial charge in [0.15, 0.2) is 0 Å². The van der Waals surface area contributed by atoms with Crippen molar-refractivity contribution in [3.63, 3.8) is 0 Å². The van der Waals surface area contributed by atoms with Gasteiger partial charge in [0.2, 0.25) is 11.8 Å². The van der Waals surface area contributed by atoms with E-state index in [0.717, 1.165) is 62.6 Å². The maximum atomic E-state index is 12.2. The molecule has 3 rings (SSSR count). The summed E-state index contributed by atoms with van der Waals surface area (Å²) in [5.41, 5.74) is 8.16. The van der Waals surface area contributed by atoms with Crippen LogP contribution in [0.1, 0.15) is 63.9 Å². The topological polar surface area (TPSA) is 75.4 Å². The van der Waals surface area contributed by atoms with Crippen molar-refractivity contribution >= 4 is 17.5 Å². The van der Waals surface area contributed by atoms with Gasteiger partial charge in [-0.25, -0.2) is 0 Å². The van der Waals surface area contributed by atoms with E-state index in [1.165, 1.54) is 0 Å². The van der Waals surface area contributed by atoms with Crippen molar-refractivity contribution in [2.24, 2.45) is 11.7 Å². The molecule has 0 spiro atoms. The Morgan fingerprint density at radius 2 is 1.65 bits per heavy atom. The van der Waals surface area contributed by atoms with Crippen LogP contribution in [0, 0.1) is 5.92 Å². The molecule has 1 aromatic rings. The highest BCUT2D eigenvalue weighted by Crippen LogP contribution is 2.27. The summed E-state index contributed by atoms with van der Waals surface area (Å²) in [5.74, 6) is 0.371. The molecule has 3 N–H and O–H groups in total. The first-order valence-corrected chi connectivity index (χ1v) is 9.97. The third-order valence-corrected chi connectivity index (χ3v) is 5.89. The molecule has 0 heterocycles. The smallest absolute Gasteiger partial charge is 0.227 e. The van der Waals surface area contributed by atoms with Gasteiger partial charge < -0.3 is 16.0 Å². The first kappa shape index (κ1) is 18.9. The molecule has 5 heteroatoms. The van der Waals surface area contributed by atoms with Crippen molar-refractivity contribution in [3.05, 3.63) is 29.8 Å². The van der Waals surface area contributed by atoms with Crippen LogP contribution < -0.4 is 11.1 Å². The van der Waals surface area contributed by atoms with Crippen LogP contribution in [0.25, 0.3) is 0 Å². The molecule has 142 valence electrons. The third-order valence-electron chi connectivity index (χ3n) is 5.89. The van der Waals surface area contributed by atoms with E-state index in [9.17, 15) is 9.59 Å². The van der Waals surface area contributed by atoms with Crippen LogP contribution in [0.15, 0.2) is 24.3 Å². The average Bonchev–Trinajstić information content (AvgIpc) is 3.16. The number of amides is 2. The van der Waals surface area contributed by atoms with E-state index in [1.807, 2.05) is 29.2 Å². The number of carbonyl (C=O) groups is 2. The molecule has 0 radical (unpaired) electrons. The molecule has 0 saturated heterocycles. The van der Waals surface area contributed by atoms with Gasteiger partial charge in [-0.15, -0.1) is 0 Å². The summed E-state index contributed by atoms with van der Waals surface area (Å²) in [4.78, 5) is 26.3. The molecule has 2 aliphatic carbocycles. The van der Waals surface area contributed by atoms with E-state index in [2.05, 4.69) is 5.32 Å². The molecule has 0 aliphatic heterocycles. The Hall–Kier alpha value is -1.88. The van der Waals surface area contributed by atoms with Gasteiger partial charge in [-0.3, -0.25) is 9.59 Å². The molecule has 2 unspecified atom stereocenters. The predicted molar refractivity (Wildman–Crippen MR) is 103 cm³/mol. The Labute approximate surface area is 156 Å². The summed E-state index contributed by atoms with van der Waals surface area (Å²) in [6, 6.07) is 8.05. The molecular formula is C21H31N3O2. The maximum absolute atomic E-state index is 12.2. The van der Waals surface area contributed by atoms with Gasteiger partial charge in [-0.2, -0.15) is 0 Å². The van der Waals surface area contributed by atoms with Gasteiger partial charge in [-0.05, 0) is 43.4 Å². The minimum absolute atomic E-state index is 0.0672. The van der Waals surface area contributed by atoms with E-state index in [-0.39, 0.29) is 29.8 Å². The van der Waals surface area contributed by atoms with Crippen LogP contribution in [0.2, 0.25) is 0 Å². The fraction of sp³-hybridized carbons (Fsp3) is 0.619. The lowest BCUT2D eigenvalue weighted by atomic mass is 9.89. The van der Waals surface area contributed by atoms with E-state index in [0.29, 0.717) is 6.54 Å². The number of hydrogen-bond acceptors (Lipinski definition) is 3. The van der Waals surface area contributed by atoms with Crippen LogP contribution >= 0.6 is 0 Å². The number of hydrogen-bond donors (Lipinski definition) is 2. The van der Waals surface area contributed by atoms with Crippen LogP contribution in [0.4, 0.5) is 5.69 Å². The molecule has 2 saturated carbocycles. The lowest BCUT2D eigenvalue weighted by Crippen LogP contribution is -2.50. The normalized spacial score (nSPS) is 23.6. The molecule has 5 nitrogen and oxygen atoms in total. The summed E-state index contributed by atoms with van der Waals surface area (Å²) >= 11 is 0. The van der Waals surface area contributed by atoms with Gasteiger partial charge in [0, 0.05) is 37.2 Å². The molecule has 0 bridgehead atoms. The van der Waals surface area contributed by atoms with Gasteiger partial charge in [0.1, 0.15) is 0 Å². The minimum Gasteiger partial charge on any atom is -0.334 e. The van der Waals surface area contributed by atoms with E-state index >= 15 is 0 Å². The Morgan fingerprint density at radius 1 is 1.04 bits per heavy atom. The second kappa shape index (κ2) is 8.67. The zero-order chi connectivity index (χ0) is 18.5. The molecular weight excluding hydrogens is 326 g/mol. The number of nitrogens with one attached hydrogen (secondary N) is 1. The van der Waals surface area contributed by atoms with E-state index in [1.54, 1.807) is 6.92 Å². The van der Waals surface area contributed by atoms with Crippen molar-refractivity contribution in [2.45, 2.75) is 76.9 Å². The summed E-state index contributed by atoms with van der Waals surface area (Å²) in [7, 11) is 0. The van der Waals surface area contributed by atoms with Gasteiger partial charge in [0.05, 0.1) is 0 Å². The molecule has 2 atom stereocenters. The fourth-order valence-corrected chi connectivity index (χ4v) is 4.31. The molecule has 2 aliphatic rings. The number of carbonyl (C=O) groups excluding carboxylic acids is 2. The fourth-order valence-electron chi connectivity index (χ4n) is 4.31. The number of anilines is 1. The number of nitrogens with two attached hydrogens (primary N) is 1. The zero-order valence-electron chi connectivity index (χ0n) is 15.7. The molecule has 26 heavy (non-hydrogen) atoms. The van der Waals surface area contributed by atoms with Crippen molar-refractivity contribution in [3.8, 4) is 0 Å². The van der Waals surface area contributed by atoms with Crippen molar-refractivity contribution in [2.75, 3.05) is 5.32 Å². The van der Waals surface area contributed by atoms with E-state index in [4.69, 9.17) is 5.73 Å². The van der Waals surface area contributed by atoms with Gasteiger partial charge in [0.25, 0.3) is 0 Å². The minimum atomic E-state index is 0.0672. The first-order chi connectivity index (χ1) is 12.5. The van der Waals surface area contributed by atoms with Gasteiger partial charge >= 0.3 is 0 Å². The number of benzene rings is 1. The number of rotatable bonds is 5. The maximum Gasteiger partial charge on any atom is 0.227 e. The highest BCUT2D eigenvalue weighted by molar-refractivity contribution is 5.92. The van der Waals surface area contributed by atoms with Crippen molar-refractivity contribution in [1.29, 1.82) is 0 Å². The lowest BCUT2D eigenvalue weighted by Gasteiger charge is -2.38. The Morgan fingerprint density at radius 3 is 2.27 bits per heavy atom. The SMILES string of the molecule is CC(=O)N(Cc1ccc(NC(=O)C2CCCC2)cc1)C1CCCCC1N. The predicted octanol–water partition coefficient (Wildman–Crippen LogP) is 3.43. The third kappa shape index (κ3) is 4.64. The highest BCUT2D eigenvalue weighted by atomic mass is 16.2. The monoisotopic (exact) mass is 357 g/mol. The zero-order valence-corrected chi connectivity index (χ0v) is 15.7. The van der Waals surface area contributed by atoms with Crippen molar-refractivity contribution in [1.82, 2.24) is 4.90 Å². The van der Waals surface area contributed by atoms with Crippen LogP contribution in [0.5, 0.6) is 0 Å². The summed E-state index contributed by atoms with van der Waals surface area (Å²) in [5, 5.41) is 3.02. The molecule has 0 aromatic heterocycles. The quantitative estimate of drug-likeness (QED) is 0.848. The number of nitrogens with zero attached hydrogens (tertiary/aromatic N) is 1. The Bertz CT molecular complexity index is 623. The summed E-state index contributed by atoms with van der Waals surface area (Å²) in [6.45, 7) is 2.20. The summed E-state index contributed by atoms with van der Waals surface area (Å²) < 4.78 is 0. The van der Waals surface area contributed by atoms with Gasteiger partial charge in [-0.1, -0.05) is 37.8 Å². The van der Waals surface area contributed by atoms with Crippen LogP contribution in [0.3, 0.4) is 0 Å². The second-order valence-electron chi connectivity index (χ2n) is 7.83. The summed E-state index contributed by atoms with van der Waals surface area (Å²) in [6.07, 6.45) is 8.56. The molecule has 2 fully saturated rings. The molecule has 1 aromatic carbocycles. The first-order valence-electron chi connectivity index (χ1n) is 9.97. The van der Waals surface area contributed by atoms with Crippen LogP contribution in [-0.4, -0.2) is 28.8 Å². The lowest BCUT2D eigenvalue weighted by molar-refractivity contribution is -0.133. The standard InChI is InChI=1S/C21H31N3O2/c1-15(25)24(20-9-5-4-8-19(20)22)14-16-10-12-18(13-11-16)23-21(26)17-6-2-3-7-17/h10-13,17,19-20H,2-9,14,22H2,1H3,(H,23,26).